The highest BCUT2D eigenvalue weighted by molar-refractivity contribution is 6.37. The van der Waals surface area contributed by atoms with Crippen molar-refractivity contribution in [2.24, 2.45) is 0 Å². The van der Waals surface area contributed by atoms with Crippen LogP contribution >= 0.6 is 23.2 Å². The first-order valence-corrected chi connectivity index (χ1v) is 8.68. The van der Waals surface area contributed by atoms with Crippen LogP contribution in [-0.4, -0.2) is 22.3 Å². The fourth-order valence-electron chi connectivity index (χ4n) is 2.83. The Morgan fingerprint density at radius 3 is 2.50 bits per heavy atom. The Hall–Kier alpha value is -2.71. The van der Waals surface area contributed by atoms with Crippen molar-refractivity contribution >= 4 is 34.8 Å². The van der Waals surface area contributed by atoms with Crippen LogP contribution in [0.2, 0.25) is 10.0 Å². The lowest BCUT2D eigenvalue weighted by atomic mass is 10.1. The number of hydrogen-bond donors (Lipinski definition) is 1. The van der Waals surface area contributed by atoms with Gasteiger partial charge >= 0.3 is 6.18 Å². The van der Waals surface area contributed by atoms with Crippen LogP contribution in [0.1, 0.15) is 5.69 Å². The molecule has 5 nitrogen and oxygen atoms in total. The third kappa shape index (κ3) is 3.29. The van der Waals surface area contributed by atoms with Crippen molar-refractivity contribution < 1.29 is 22.7 Å². The van der Waals surface area contributed by atoms with Gasteiger partial charge in [0.2, 0.25) is 0 Å². The fourth-order valence-corrected chi connectivity index (χ4v) is 3.39. The number of nitrogens with zero attached hydrogens (tertiary/aromatic N) is 2. The highest BCUT2D eigenvalue weighted by Crippen LogP contribution is 2.39. The van der Waals surface area contributed by atoms with Crippen molar-refractivity contribution in [3.8, 4) is 22.7 Å². The van der Waals surface area contributed by atoms with E-state index in [2.05, 4.69) is 10.4 Å². The number of halogens is 5. The maximum Gasteiger partial charge on any atom is 0.435 e. The summed E-state index contributed by atoms with van der Waals surface area (Å²) in [6.45, 7) is -0.127. The Kier molecular flexibility index (Phi) is 4.47. The Morgan fingerprint density at radius 2 is 1.82 bits per heavy atom. The van der Waals surface area contributed by atoms with Gasteiger partial charge in [-0.25, -0.2) is 4.68 Å². The van der Waals surface area contributed by atoms with Crippen LogP contribution in [0, 0.1) is 0 Å². The van der Waals surface area contributed by atoms with Gasteiger partial charge < -0.3 is 10.1 Å². The molecule has 0 spiro atoms. The third-order valence-corrected chi connectivity index (χ3v) is 4.67. The zero-order chi connectivity index (χ0) is 20.1. The molecule has 4 rings (SSSR count). The normalized spacial score (nSPS) is 13.7. The predicted octanol–water partition coefficient (Wildman–Crippen LogP) is 5.20. The molecule has 10 heteroatoms. The topological polar surface area (TPSA) is 56.1 Å². The number of alkyl halides is 3. The van der Waals surface area contributed by atoms with Gasteiger partial charge in [-0.05, 0) is 36.4 Å². The molecule has 1 N–H and O–H groups in total. The average molecular weight is 428 g/mol. The number of carbonyl (C=O) groups is 1. The second kappa shape index (κ2) is 6.72. The third-order valence-electron chi connectivity index (χ3n) is 4.06. The molecular weight excluding hydrogens is 418 g/mol. The lowest BCUT2D eigenvalue weighted by Crippen LogP contribution is -2.25. The number of hydrogen-bond acceptors (Lipinski definition) is 3. The number of fused-ring (bicyclic) bond motifs is 1. The first-order chi connectivity index (χ1) is 13.2. The Balaban J connectivity index is 1.93. The van der Waals surface area contributed by atoms with Crippen LogP contribution in [0.5, 0.6) is 5.75 Å². The minimum atomic E-state index is -4.67. The van der Waals surface area contributed by atoms with Crippen molar-refractivity contribution in [3.63, 3.8) is 0 Å². The fraction of sp³-hybridized carbons (Fsp3) is 0.111. The van der Waals surface area contributed by atoms with Crippen molar-refractivity contribution in [3.05, 3.63) is 58.2 Å². The highest BCUT2D eigenvalue weighted by Gasteiger charge is 2.36. The number of nitrogens with one attached hydrogen (secondary N) is 1. The predicted molar refractivity (Wildman–Crippen MR) is 98.1 cm³/mol. The number of benzene rings is 2. The molecule has 28 heavy (non-hydrogen) atoms. The van der Waals surface area contributed by atoms with Crippen molar-refractivity contribution in [2.75, 3.05) is 11.9 Å². The molecule has 0 atom stereocenters. The molecule has 0 bridgehead atoms. The number of ether oxygens (including phenoxy) is 1. The highest BCUT2D eigenvalue weighted by atomic mass is 35.5. The molecule has 1 aliphatic rings. The molecule has 0 fully saturated rings. The summed E-state index contributed by atoms with van der Waals surface area (Å²) >= 11 is 12.4. The zero-order valence-corrected chi connectivity index (χ0v) is 15.4. The van der Waals surface area contributed by atoms with Crippen LogP contribution in [0.15, 0.2) is 42.5 Å². The van der Waals surface area contributed by atoms with Gasteiger partial charge in [0, 0.05) is 5.56 Å². The molecule has 1 aromatic heterocycles. The molecule has 0 aliphatic carbocycles. The van der Waals surface area contributed by atoms with Gasteiger partial charge in [-0.2, -0.15) is 18.3 Å². The first-order valence-electron chi connectivity index (χ1n) is 7.93. The van der Waals surface area contributed by atoms with E-state index in [1.165, 1.54) is 18.2 Å². The molecular formula is C18H10Cl2F3N3O2. The summed E-state index contributed by atoms with van der Waals surface area (Å²) in [5.74, 6) is 0.0597. The zero-order valence-electron chi connectivity index (χ0n) is 13.8. The maximum absolute atomic E-state index is 13.3. The molecule has 3 aromatic rings. The quantitative estimate of drug-likeness (QED) is 0.611. The lowest BCUT2D eigenvalue weighted by Gasteiger charge is -2.19. The van der Waals surface area contributed by atoms with E-state index in [9.17, 15) is 18.0 Å². The van der Waals surface area contributed by atoms with Gasteiger partial charge in [0.25, 0.3) is 5.91 Å². The monoisotopic (exact) mass is 427 g/mol. The number of rotatable bonds is 2. The van der Waals surface area contributed by atoms with Gasteiger partial charge in [0.1, 0.15) is 11.4 Å². The number of carbonyl (C=O) groups excluding carboxylic acids is 1. The van der Waals surface area contributed by atoms with Crippen molar-refractivity contribution in [1.82, 2.24) is 9.78 Å². The second-order valence-electron chi connectivity index (χ2n) is 5.94. The first kappa shape index (κ1) is 18.6. The second-order valence-corrected chi connectivity index (χ2v) is 6.76. The minimum Gasteiger partial charge on any atom is -0.482 e. The smallest absolute Gasteiger partial charge is 0.435 e. The standard InChI is InChI=1S/C18H10Cl2F3N3O2/c19-10-2-1-3-11(20)17(10)26-13(7-15(25-26)18(21,22)23)9-4-5-14-12(6-9)24-16(27)8-28-14/h1-7H,8H2,(H,24,27). The summed E-state index contributed by atoms with van der Waals surface area (Å²) in [5.41, 5.74) is -0.167. The molecule has 0 unspecified atom stereocenters. The van der Waals surface area contributed by atoms with Gasteiger partial charge in [-0.3, -0.25) is 4.79 Å². The molecule has 1 amide bonds. The van der Waals surface area contributed by atoms with E-state index in [0.29, 0.717) is 17.0 Å². The minimum absolute atomic E-state index is 0.102. The van der Waals surface area contributed by atoms with E-state index in [4.69, 9.17) is 27.9 Å². The average Bonchev–Trinajstić information content (AvgIpc) is 3.06. The molecule has 1 aliphatic heterocycles. The van der Waals surface area contributed by atoms with Gasteiger partial charge in [0.05, 0.1) is 21.4 Å². The number of anilines is 1. The Bertz CT molecular complexity index is 1080. The summed E-state index contributed by atoms with van der Waals surface area (Å²) in [6, 6.07) is 10.1. The van der Waals surface area contributed by atoms with Crippen LogP contribution in [0.25, 0.3) is 16.9 Å². The van der Waals surface area contributed by atoms with E-state index in [1.807, 2.05) is 0 Å². The van der Waals surface area contributed by atoms with Crippen molar-refractivity contribution in [1.29, 1.82) is 0 Å². The summed E-state index contributed by atoms with van der Waals surface area (Å²) < 4.78 is 46.3. The number of para-hydroxylation sites is 1. The summed E-state index contributed by atoms with van der Waals surface area (Å²) in [7, 11) is 0. The van der Waals surface area contributed by atoms with E-state index in [0.717, 1.165) is 10.7 Å². The molecule has 0 saturated carbocycles. The molecule has 0 saturated heterocycles. The Morgan fingerprint density at radius 1 is 1.11 bits per heavy atom. The van der Waals surface area contributed by atoms with E-state index in [-0.39, 0.29) is 33.9 Å². The summed E-state index contributed by atoms with van der Waals surface area (Å²) in [6.07, 6.45) is -4.67. The van der Waals surface area contributed by atoms with E-state index in [1.54, 1.807) is 18.2 Å². The summed E-state index contributed by atoms with van der Waals surface area (Å²) in [4.78, 5) is 11.5. The van der Waals surface area contributed by atoms with Crippen LogP contribution in [0.4, 0.5) is 18.9 Å². The summed E-state index contributed by atoms with van der Waals surface area (Å²) in [5, 5.41) is 6.58. The Labute approximate surface area is 166 Å². The van der Waals surface area contributed by atoms with E-state index >= 15 is 0 Å². The van der Waals surface area contributed by atoms with Crippen LogP contribution in [-0.2, 0) is 11.0 Å². The number of aromatic nitrogens is 2. The maximum atomic E-state index is 13.3. The lowest BCUT2D eigenvalue weighted by molar-refractivity contribution is -0.141. The van der Waals surface area contributed by atoms with Crippen molar-refractivity contribution in [2.45, 2.75) is 6.18 Å². The molecule has 144 valence electrons. The van der Waals surface area contributed by atoms with Gasteiger partial charge in [0.15, 0.2) is 12.3 Å². The molecule has 2 aromatic carbocycles. The van der Waals surface area contributed by atoms with Gasteiger partial charge in [-0.15, -0.1) is 0 Å². The molecule has 0 radical (unpaired) electrons. The van der Waals surface area contributed by atoms with Crippen LogP contribution < -0.4 is 10.1 Å². The molecule has 2 heterocycles. The van der Waals surface area contributed by atoms with E-state index < -0.39 is 11.9 Å². The van der Waals surface area contributed by atoms with Crippen LogP contribution in [0.3, 0.4) is 0 Å². The largest absolute Gasteiger partial charge is 0.482 e. The SMILES string of the molecule is O=C1COc2ccc(-c3cc(C(F)(F)F)nn3-c3c(Cl)cccc3Cl)cc2N1. The van der Waals surface area contributed by atoms with Gasteiger partial charge in [-0.1, -0.05) is 29.3 Å². The number of amides is 1.